The van der Waals surface area contributed by atoms with Gasteiger partial charge in [-0.15, -0.1) is 0 Å². The zero-order valence-electron chi connectivity index (χ0n) is 13.7. The molecule has 0 radical (unpaired) electrons. The number of anilines is 1. The van der Waals surface area contributed by atoms with Crippen LogP contribution in [0.3, 0.4) is 0 Å². The molecule has 1 aromatic carbocycles. The maximum absolute atomic E-state index is 14.0. The zero-order chi connectivity index (χ0) is 18.7. The van der Waals surface area contributed by atoms with Crippen molar-refractivity contribution < 1.29 is 19.1 Å². The number of nitriles is 1. The average Bonchev–Trinajstić information content (AvgIpc) is 3.04. The topological polar surface area (TPSA) is 103 Å². The molecule has 0 aliphatic heterocycles. The second kappa shape index (κ2) is 7.62. The molecule has 134 valence electrons. The summed E-state index contributed by atoms with van der Waals surface area (Å²) in [5.74, 6) is -2.61. The fourth-order valence-electron chi connectivity index (χ4n) is 3.14. The number of carboxylic acids is 1. The van der Waals surface area contributed by atoms with Crippen LogP contribution in [0.2, 0.25) is 0 Å². The van der Waals surface area contributed by atoms with Crippen molar-refractivity contribution in [2.45, 2.75) is 25.7 Å². The number of aromatic nitrogens is 1. The lowest BCUT2D eigenvalue weighted by Gasteiger charge is -2.25. The van der Waals surface area contributed by atoms with E-state index >= 15 is 0 Å². The van der Waals surface area contributed by atoms with Crippen LogP contribution in [0.1, 0.15) is 30.6 Å². The van der Waals surface area contributed by atoms with Crippen LogP contribution >= 0.6 is 11.3 Å². The highest BCUT2D eigenvalue weighted by Crippen LogP contribution is 2.34. The number of nitrogens with one attached hydrogen (secondary N) is 1. The van der Waals surface area contributed by atoms with Gasteiger partial charge in [-0.25, -0.2) is 9.37 Å². The van der Waals surface area contributed by atoms with E-state index in [0.717, 1.165) is 11.3 Å². The van der Waals surface area contributed by atoms with E-state index in [9.17, 15) is 19.2 Å². The lowest BCUT2D eigenvalue weighted by molar-refractivity contribution is -0.143. The quantitative estimate of drug-likeness (QED) is 0.851. The number of aliphatic carboxylic acids is 1. The third kappa shape index (κ3) is 3.73. The number of hydrogen-bond acceptors (Lipinski definition) is 5. The Labute approximate surface area is 153 Å². The van der Waals surface area contributed by atoms with Crippen LogP contribution < -0.4 is 5.32 Å². The number of benzene rings is 1. The Morgan fingerprint density at radius 3 is 2.73 bits per heavy atom. The Balaban J connectivity index is 1.79. The van der Waals surface area contributed by atoms with Crippen molar-refractivity contribution in [1.29, 1.82) is 5.26 Å². The molecule has 1 aliphatic carbocycles. The number of halogens is 1. The molecule has 3 rings (SSSR count). The molecule has 0 unspecified atom stereocenters. The van der Waals surface area contributed by atoms with Crippen molar-refractivity contribution in [2.75, 3.05) is 5.32 Å². The van der Waals surface area contributed by atoms with E-state index in [2.05, 4.69) is 10.3 Å². The molecule has 2 atom stereocenters. The predicted octanol–water partition coefficient (Wildman–Crippen LogP) is 3.65. The molecular weight excluding hydrogens is 357 g/mol. The summed E-state index contributed by atoms with van der Waals surface area (Å²) in [5, 5.41) is 21.3. The molecule has 26 heavy (non-hydrogen) atoms. The summed E-state index contributed by atoms with van der Waals surface area (Å²) in [4.78, 5) is 28.0. The summed E-state index contributed by atoms with van der Waals surface area (Å²) in [6.45, 7) is 0. The minimum absolute atomic E-state index is 0.193. The van der Waals surface area contributed by atoms with Gasteiger partial charge in [-0.3, -0.25) is 9.59 Å². The lowest BCUT2D eigenvalue weighted by atomic mass is 9.81. The van der Waals surface area contributed by atoms with Crippen LogP contribution in [-0.2, 0) is 9.59 Å². The molecule has 2 N–H and O–H groups in total. The molecule has 1 amide bonds. The highest BCUT2D eigenvalue weighted by Gasteiger charge is 2.31. The van der Waals surface area contributed by atoms with Crippen LogP contribution in [-0.4, -0.2) is 22.0 Å². The number of thiazole rings is 1. The van der Waals surface area contributed by atoms with Gasteiger partial charge in [-0.2, -0.15) is 5.26 Å². The summed E-state index contributed by atoms with van der Waals surface area (Å²) < 4.78 is 14.0. The van der Waals surface area contributed by atoms with E-state index in [0.29, 0.717) is 19.3 Å². The minimum Gasteiger partial charge on any atom is -0.481 e. The van der Waals surface area contributed by atoms with Crippen molar-refractivity contribution in [2.24, 2.45) is 11.8 Å². The molecule has 0 saturated heterocycles. The largest absolute Gasteiger partial charge is 0.481 e. The van der Waals surface area contributed by atoms with Gasteiger partial charge in [0.1, 0.15) is 22.5 Å². The SMILES string of the molecule is N#Cc1sc(NC(=O)[C@H]2CCC[C@@H](C(=O)O)C2)nc1-c1ccccc1F. The summed E-state index contributed by atoms with van der Waals surface area (Å²) in [6.07, 6.45) is 2.16. The van der Waals surface area contributed by atoms with Gasteiger partial charge in [-0.1, -0.05) is 29.9 Å². The normalized spacial score (nSPS) is 19.5. The fourth-order valence-corrected chi connectivity index (χ4v) is 3.92. The van der Waals surface area contributed by atoms with Crippen LogP contribution in [0.4, 0.5) is 9.52 Å². The van der Waals surface area contributed by atoms with E-state index in [1.54, 1.807) is 12.1 Å². The first-order valence-electron chi connectivity index (χ1n) is 8.19. The molecule has 1 aliphatic rings. The van der Waals surface area contributed by atoms with Crippen LogP contribution in [0, 0.1) is 29.0 Å². The van der Waals surface area contributed by atoms with Crippen molar-refractivity contribution in [3.63, 3.8) is 0 Å². The average molecular weight is 373 g/mol. The summed E-state index contributed by atoms with van der Waals surface area (Å²) in [7, 11) is 0. The van der Waals surface area contributed by atoms with Gasteiger partial charge in [0, 0.05) is 11.5 Å². The maximum Gasteiger partial charge on any atom is 0.306 e. The number of nitrogens with zero attached hydrogens (tertiary/aromatic N) is 2. The highest BCUT2D eigenvalue weighted by molar-refractivity contribution is 7.16. The molecule has 1 aromatic heterocycles. The first-order chi connectivity index (χ1) is 12.5. The van der Waals surface area contributed by atoms with Crippen molar-refractivity contribution in [3.8, 4) is 17.3 Å². The molecule has 8 heteroatoms. The van der Waals surface area contributed by atoms with Gasteiger partial charge in [0.2, 0.25) is 5.91 Å². The Hall–Kier alpha value is -2.79. The molecule has 0 bridgehead atoms. The lowest BCUT2D eigenvalue weighted by Crippen LogP contribution is -2.30. The van der Waals surface area contributed by atoms with Crippen LogP contribution in [0.25, 0.3) is 11.3 Å². The van der Waals surface area contributed by atoms with Gasteiger partial charge >= 0.3 is 5.97 Å². The first-order valence-corrected chi connectivity index (χ1v) is 9.00. The number of rotatable bonds is 4. The smallest absolute Gasteiger partial charge is 0.306 e. The summed E-state index contributed by atoms with van der Waals surface area (Å²) >= 11 is 0.975. The molecule has 1 fully saturated rings. The molecule has 0 spiro atoms. The summed E-state index contributed by atoms with van der Waals surface area (Å²) in [5.41, 5.74) is 0.391. The Morgan fingerprint density at radius 2 is 2.04 bits per heavy atom. The molecule has 1 heterocycles. The Kier molecular flexibility index (Phi) is 5.28. The molecular formula is C18H16FN3O3S. The first kappa shape index (κ1) is 18.0. The van der Waals surface area contributed by atoms with E-state index in [-0.39, 0.29) is 33.6 Å². The van der Waals surface area contributed by atoms with E-state index in [1.807, 2.05) is 6.07 Å². The highest BCUT2D eigenvalue weighted by atomic mass is 32.1. The van der Waals surface area contributed by atoms with Gasteiger partial charge in [0.05, 0.1) is 5.92 Å². The summed E-state index contributed by atoms with van der Waals surface area (Å²) in [6, 6.07) is 7.97. The van der Waals surface area contributed by atoms with Crippen molar-refractivity contribution >= 4 is 28.3 Å². The predicted molar refractivity (Wildman–Crippen MR) is 93.9 cm³/mol. The van der Waals surface area contributed by atoms with Crippen LogP contribution in [0.5, 0.6) is 0 Å². The van der Waals surface area contributed by atoms with Crippen molar-refractivity contribution in [1.82, 2.24) is 4.98 Å². The molecule has 2 aromatic rings. The minimum atomic E-state index is -0.884. The Morgan fingerprint density at radius 1 is 1.31 bits per heavy atom. The standard InChI is InChI=1S/C18H16FN3O3S/c19-13-7-2-1-6-12(13)15-14(9-20)26-18(21-15)22-16(23)10-4-3-5-11(8-10)17(24)25/h1-2,6-7,10-11H,3-5,8H2,(H,24,25)(H,21,22,23)/t10-,11+/m0/s1. The van der Waals surface area contributed by atoms with E-state index in [1.165, 1.54) is 12.1 Å². The second-order valence-corrected chi connectivity index (χ2v) is 7.18. The second-order valence-electron chi connectivity index (χ2n) is 6.18. The third-order valence-electron chi connectivity index (χ3n) is 4.48. The maximum atomic E-state index is 14.0. The Bertz CT molecular complexity index is 890. The van der Waals surface area contributed by atoms with Gasteiger partial charge in [0.15, 0.2) is 5.13 Å². The van der Waals surface area contributed by atoms with E-state index < -0.39 is 23.6 Å². The van der Waals surface area contributed by atoms with Gasteiger partial charge in [0.25, 0.3) is 0 Å². The number of carboxylic acid groups (broad SMARTS) is 1. The monoisotopic (exact) mass is 373 g/mol. The van der Waals surface area contributed by atoms with Gasteiger partial charge in [-0.05, 0) is 31.4 Å². The van der Waals surface area contributed by atoms with Crippen LogP contribution in [0.15, 0.2) is 24.3 Å². The fraction of sp³-hybridized carbons (Fsp3) is 0.333. The third-order valence-corrected chi connectivity index (χ3v) is 5.36. The van der Waals surface area contributed by atoms with Gasteiger partial charge < -0.3 is 10.4 Å². The zero-order valence-corrected chi connectivity index (χ0v) is 14.6. The van der Waals surface area contributed by atoms with E-state index in [4.69, 9.17) is 5.11 Å². The number of amides is 1. The van der Waals surface area contributed by atoms with Crippen molar-refractivity contribution in [3.05, 3.63) is 35.0 Å². The molecule has 1 saturated carbocycles. The number of hydrogen-bond donors (Lipinski definition) is 2. The number of carbonyl (C=O) groups excluding carboxylic acids is 1. The molecule has 6 nitrogen and oxygen atoms in total. The number of carbonyl (C=O) groups is 2.